The van der Waals surface area contributed by atoms with Crippen molar-refractivity contribution in [2.45, 2.75) is 31.6 Å². The van der Waals surface area contributed by atoms with E-state index in [9.17, 15) is 0 Å². The van der Waals surface area contributed by atoms with Crippen LogP contribution in [-0.4, -0.2) is 13.7 Å². The van der Waals surface area contributed by atoms with Crippen LogP contribution in [0.15, 0.2) is 18.2 Å². The summed E-state index contributed by atoms with van der Waals surface area (Å²) in [6.07, 6.45) is 3.58. The van der Waals surface area contributed by atoms with Crippen molar-refractivity contribution in [2.24, 2.45) is 5.73 Å². The van der Waals surface area contributed by atoms with Crippen molar-refractivity contribution in [1.29, 1.82) is 0 Å². The molecule has 1 aliphatic carbocycles. The van der Waals surface area contributed by atoms with Gasteiger partial charge in [-0.15, -0.1) is 0 Å². The van der Waals surface area contributed by atoms with E-state index in [2.05, 4.69) is 19.1 Å². The topological polar surface area (TPSA) is 35.2 Å². The molecule has 0 bridgehead atoms. The Hall–Kier alpha value is -1.02. The lowest BCUT2D eigenvalue weighted by Crippen LogP contribution is -2.35. The third-order valence-corrected chi connectivity index (χ3v) is 3.59. The van der Waals surface area contributed by atoms with E-state index in [-0.39, 0.29) is 5.41 Å². The molecule has 0 heterocycles. The van der Waals surface area contributed by atoms with Crippen LogP contribution in [0.1, 0.15) is 30.9 Å². The molecule has 0 radical (unpaired) electrons. The third-order valence-electron chi connectivity index (χ3n) is 3.59. The van der Waals surface area contributed by atoms with Crippen LogP contribution in [0.3, 0.4) is 0 Å². The highest BCUT2D eigenvalue weighted by Crippen LogP contribution is 2.37. The van der Waals surface area contributed by atoms with Gasteiger partial charge in [-0.3, -0.25) is 0 Å². The van der Waals surface area contributed by atoms with Crippen molar-refractivity contribution in [3.8, 4) is 5.75 Å². The summed E-state index contributed by atoms with van der Waals surface area (Å²) < 4.78 is 5.25. The molecule has 2 nitrogen and oxygen atoms in total. The number of ether oxygens (including phenoxy) is 1. The highest BCUT2D eigenvalue weighted by atomic mass is 16.5. The lowest BCUT2D eigenvalue weighted by Gasteiger charge is -2.35. The Morgan fingerprint density at radius 3 is 2.93 bits per heavy atom. The van der Waals surface area contributed by atoms with Gasteiger partial charge in [-0.1, -0.05) is 13.0 Å². The first-order valence-electron chi connectivity index (χ1n) is 5.57. The van der Waals surface area contributed by atoms with E-state index in [1.54, 1.807) is 7.11 Å². The van der Waals surface area contributed by atoms with Gasteiger partial charge >= 0.3 is 0 Å². The van der Waals surface area contributed by atoms with Crippen LogP contribution in [0.4, 0.5) is 0 Å². The number of nitrogens with two attached hydrogens (primary N) is 1. The minimum atomic E-state index is 0.167. The molecular weight excluding hydrogens is 186 g/mol. The first-order chi connectivity index (χ1) is 7.19. The number of fused-ring (bicyclic) bond motifs is 1. The van der Waals surface area contributed by atoms with Gasteiger partial charge in [0.2, 0.25) is 0 Å². The molecule has 0 spiro atoms. The smallest absolute Gasteiger partial charge is 0.119 e. The molecule has 82 valence electrons. The molecule has 15 heavy (non-hydrogen) atoms. The fourth-order valence-electron chi connectivity index (χ4n) is 2.51. The summed E-state index contributed by atoms with van der Waals surface area (Å²) in [4.78, 5) is 0. The Morgan fingerprint density at radius 2 is 2.27 bits per heavy atom. The summed E-state index contributed by atoms with van der Waals surface area (Å²) in [5, 5.41) is 0. The van der Waals surface area contributed by atoms with Crippen molar-refractivity contribution in [1.82, 2.24) is 0 Å². The van der Waals surface area contributed by atoms with Crippen molar-refractivity contribution >= 4 is 0 Å². The second-order valence-electron chi connectivity index (χ2n) is 4.64. The summed E-state index contributed by atoms with van der Waals surface area (Å²) in [5.41, 5.74) is 8.88. The summed E-state index contributed by atoms with van der Waals surface area (Å²) in [5.74, 6) is 0.954. The molecule has 0 fully saturated rings. The number of methoxy groups -OCH3 is 1. The number of hydrogen-bond acceptors (Lipinski definition) is 2. The zero-order valence-corrected chi connectivity index (χ0v) is 9.55. The molecular formula is C13H19NO. The van der Waals surface area contributed by atoms with Crippen LogP contribution in [0.5, 0.6) is 5.75 Å². The van der Waals surface area contributed by atoms with Crippen LogP contribution >= 0.6 is 0 Å². The van der Waals surface area contributed by atoms with E-state index in [1.165, 1.54) is 24.0 Å². The fraction of sp³-hybridized carbons (Fsp3) is 0.538. The summed E-state index contributed by atoms with van der Waals surface area (Å²) in [6.45, 7) is 2.99. The molecule has 1 aromatic carbocycles. The lowest BCUT2D eigenvalue weighted by molar-refractivity contribution is 0.394. The average molecular weight is 205 g/mol. The van der Waals surface area contributed by atoms with Gasteiger partial charge < -0.3 is 10.5 Å². The minimum absolute atomic E-state index is 0.167. The van der Waals surface area contributed by atoms with Crippen molar-refractivity contribution in [3.05, 3.63) is 29.3 Å². The largest absolute Gasteiger partial charge is 0.497 e. The van der Waals surface area contributed by atoms with Crippen LogP contribution in [-0.2, 0) is 11.8 Å². The monoisotopic (exact) mass is 205 g/mol. The highest BCUT2D eigenvalue weighted by Gasteiger charge is 2.30. The maximum atomic E-state index is 5.89. The Balaban J connectivity index is 2.45. The maximum Gasteiger partial charge on any atom is 0.119 e. The molecule has 1 aromatic rings. The second kappa shape index (κ2) is 3.86. The van der Waals surface area contributed by atoms with Crippen LogP contribution in [0.25, 0.3) is 0 Å². The fourth-order valence-corrected chi connectivity index (χ4v) is 2.51. The Labute approximate surface area is 91.4 Å². The van der Waals surface area contributed by atoms with Crippen molar-refractivity contribution < 1.29 is 4.74 Å². The van der Waals surface area contributed by atoms with E-state index in [4.69, 9.17) is 10.5 Å². The molecule has 1 aliphatic rings. The Morgan fingerprint density at radius 1 is 1.47 bits per heavy atom. The third kappa shape index (κ3) is 1.74. The van der Waals surface area contributed by atoms with Gasteiger partial charge in [0.15, 0.2) is 0 Å². The molecule has 1 unspecified atom stereocenters. The number of hydrogen-bond donors (Lipinski definition) is 1. The van der Waals surface area contributed by atoms with Crippen molar-refractivity contribution in [3.63, 3.8) is 0 Å². The van der Waals surface area contributed by atoms with E-state index in [1.807, 2.05) is 6.07 Å². The molecule has 0 saturated carbocycles. The first kappa shape index (κ1) is 10.5. The summed E-state index contributed by atoms with van der Waals surface area (Å²) >= 11 is 0. The van der Waals surface area contributed by atoms with Gasteiger partial charge in [-0.2, -0.15) is 0 Å². The summed E-state index contributed by atoms with van der Waals surface area (Å²) in [7, 11) is 1.71. The van der Waals surface area contributed by atoms with E-state index in [0.717, 1.165) is 18.7 Å². The molecule has 2 heteroatoms. The zero-order valence-electron chi connectivity index (χ0n) is 9.55. The zero-order chi connectivity index (χ0) is 10.9. The maximum absolute atomic E-state index is 5.89. The number of rotatable bonds is 2. The Kier molecular flexibility index (Phi) is 2.70. The van der Waals surface area contributed by atoms with Gasteiger partial charge in [0, 0.05) is 12.0 Å². The number of benzene rings is 1. The molecule has 1 atom stereocenters. The van der Waals surface area contributed by atoms with Gasteiger partial charge in [0.25, 0.3) is 0 Å². The lowest BCUT2D eigenvalue weighted by atomic mass is 9.71. The minimum Gasteiger partial charge on any atom is -0.497 e. The molecule has 0 saturated heterocycles. The van der Waals surface area contributed by atoms with Crippen LogP contribution in [0.2, 0.25) is 0 Å². The first-order valence-corrected chi connectivity index (χ1v) is 5.57. The molecule has 2 N–H and O–H groups in total. The van der Waals surface area contributed by atoms with E-state index >= 15 is 0 Å². The molecule has 0 aliphatic heterocycles. The SMILES string of the molecule is COc1ccc2c(c1)CCCC2(C)CN. The molecule has 0 aromatic heterocycles. The van der Waals surface area contributed by atoms with Gasteiger partial charge in [0.1, 0.15) is 5.75 Å². The Bertz CT molecular complexity index is 362. The number of aryl methyl sites for hydroxylation is 1. The van der Waals surface area contributed by atoms with Crippen LogP contribution < -0.4 is 10.5 Å². The predicted octanol–water partition coefficient (Wildman–Crippen LogP) is 2.25. The predicted molar refractivity (Wildman–Crippen MR) is 62.3 cm³/mol. The quantitative estimate of drug-likeness (QED) is 0.803. The second-order valence-corrected chi connectivity index (χ2v) is 4.64. The highest BCUT2D eigenvalue weighted by molar-refractivity contribution is 5.41. The van der Waals surface area contributed by atoms with Crippen LogP contribution in [0, 0.1) is 0 Å². The summed E-state index contributed by atoms with van der Waals surface area (Å²) in [6, 6.07) is 6.38. The van der Waals surface area contributed by atoms with E-state index < -0.39 is 0 Å². The molecule has 2 rings (SSSR count). The van der Waals surface area contributed by atoms with Gasteiger partial charge in [0.05, 0.1) is 7.11 Å². The standard InChI is InChI=1S/C13H19NO/c1-13(9-14)7-3-4-10-8-11(15-2)5-6-12(10)13/h5-6,8H,3-4,7,9,14H2,1-2H3. The van der Waals surface area contributed by atoms with Gasteiger partial charge in [-0.05, 0) is 42.5 Å². The average Bonchev–Trinajstić information content (AvgIpc) is 2.29. The molecule has 0 amide bonds. The normalized spacial score (nSPS) is 24.7. The van der Waals surface area contributed by atoms with Crippen molar-refractivity contribution in [2.75, 3.05) is 13.7 Å². The van der Waals surface area contributed by atoms with E-state index in [0.29, 0.717) is 0 Å². The van der Waals surface area contributed by atoms with Gasteiger partial charge in [-0.25, -0.2) is 0 Å².